The molecule has 16 heteroatoms. The minimum absolute atomic E-state index is 0.109. The lowest BCUT2D eigenvalue weighted by molar-refractivity contribution is -0.165. The number of rotatable bonds is 11. The maximum Gasteiger partial charge on any atom is 0.336 e. The zero-order valence-electron chi connectivity index (χ0n) is 23.8. The van der Waals surface area contributed by atoms with E-state index in [1.807, 2.05) is 0 Å². The Hall–Kier alpha value is -3.18. The van der Waals surface area contributed by atoms with Crippen molar-refractivity contribution in [2.75, 3.05) is 46.0 Å². The van der Waals surface area contributed by atoms with E-state index in [4.69, 9.17) is 52.0 Å². The highest BCUT2D eigenvalue weighted by atomic mass is 35.5. The molecule has 0 bridgehead atoms. The number of esters is 2. The summed E-state index contributed by atoms with van der Waals surface area (Å²) in [5, 5.41) is 36.0. The van der Waals surface area contributed by atoms with Gasteiger partial charge in [0.15, 0.2) is 12.2 Å². The van der Waals surface area contributed by atoms with Gasteiger partial charge in [0.25, 0.3) is 0 Å². The lowest BCUT2D eigenvalue weighted by Gasteiger charge is -2.31. The number of methoxy groups -OCH3 is 1. The minimum Gasteiger partial charge on any atom is -0.617 e. The number of hydrogen-bond donors (Lipinski definition) is 6. The number of halogens is 1. The van der Waals surface area contributed by atoms with E-state index in [1.165, 1.54) is 7.11 Å². The van der Waals surface area contributed by atoms with Crippen molar-refractivity contribution in [3.63, 3.8) is 0 Å². The van der Waals surface area contributed by atoms with Gasteiger partial charge in [0.1, 0.15) is 0 Å². The molecule has 3 atom stereocenters. The minimum atomic E-state index is -2.27. The smallest absolute Gasteiger partial charge is 0.336 e. The molecule has 1 aromatic rings. The zero-order chi connectivity index (χ0) is 32.6. The SMILES string of the molecule is CCOC(=O)C1=C(COCCN)NC(C)=C(C(=O)OC)C1c1ccccc1Cl.C[S+](C)[O-].O=C(O)C(O)C(O)C(=O)O. The Labute approximate surface area is 251 Å². The maximum atomic E-state index is 12.9. The van der Waals surface area contributed by atoms with Crippen molar-refractivity contribution in [1.29, 1.82) is 0 Å². The number of nitrogens with one attached hydrogen (secondary N) is 1. The van der Waals surface area contributed by atoms with Crippen molar-refractivity contribution in [1.82, 2.24) is 5.32 Å². The molecule has 0 radical (unpaired) electrons. The summed E-state index contributed by atoms with van der Waals surface area (Å²) < 4.78 is 25.3. The van der Waals surface area contributed by atoms with Crippen LogP contribution in [-0.4, -0.2) is 107 Å². The van der Waals surface area contributed by atoms with Crippen LogP contribution in [0.5, 0.6) is 0 Å². The molecule has 3 unspecified atom stereocenters. The molecular formula is C26H37ClN2O12S. The molecule has 1 aliphatic heterocycles. The molecule has 7 N–H and O–H groups in total. The summed E-state index contributed by atoms with van der Waals surface area (Å²) in [7, 11) is 1.29. The third kappa shape index (κ3) is 12.4. The van der Waals surface area contributed by atoms with Crippen LogP contribution in [0.15, 0.2) is 46.8 Å². The standard InChI is InChI=1S/C20H25ClN2O5.C4H6O6.C2H6OS/c1-4-28-20(25)18-15(11-27-10-9-22)23-12(2)16(19(24)26-3)17(18)13-7-5-6-8-14(13)21;5-1(3(7)8)2(6)4(9)10;1-4(2)3/h5-8,17,23H,4,9-11,22H2,1-3H3;1-2,5-6H,(H,7,8)(H,9,10);1-2H3. The number of aliphatic hydroxyl groups excluding tert-OH is 2. The van der Waals surface area contributed by atoms with Crippen LogP contribution in [0.3, 0.4) is 0 Å². The third-order valence-electron chi connectivity index (χ3n) is 5.08. The fraction of sp³-hybridized carbons (Fsp3) is 0.462. The van der Waals surface area contributed by atoms with Crippen molar-refractivity contribution in [2.24, 2.45) is 5.73 Å². The molecule has 0 saturated carbocycles. The van der Waals surface area contributed by atoms with Crippen molar-refractivity contribution in [3.05, 3.63) is 57.4 Å². The highest BCUT2D eigenvalue weighted by Crippen LogP contribution is 2.41. The fourth-order valence-electron chi connectivity index (χ4n) is 3.39. The van der Waals surface area contributed by atoms with E-state index in [2.05, 4.69) is 5.32 Å². The van der Waals surface area contributed by atoms with Crippen LogP contribution < -0.4 is 11.1 Å². The van der Waals surface area contributed by atoms with Crippen LogP contribution >= 0.6 is 11.6 Å². The molecule has 0 spiro atoms. The van der Waals surface area contributed by atoms with Gasteiger partial charge in [-0.2, -0.15) is 0 Å². The van der Waals surface area contributed by atoms with Crippen LogP contribution in [0, 0.1) is 0 Å². The normalized spacial score (nSPS) is 15.7. The van der Waals surface area contributed by atoms with Gasteiger partial charge >= 0.3 is 23.9 Å². The van der Waals surface area contributed by atoms with E-state index in [1.54, 1.807) is 50.6 Å². The topological polar surface area (TPSA) is 238 Å². The monoisotopic (exact) mass is 636 g/mol. The van der Waals surface area contributed by atoms with E-state index < -0.39 is 53.2 Å². The van der Waals surface area contributed by atoms with Crippen molar-refractivity contribution in [2.45, 2.75) is 32.0 Å². The highest BCUT2D eigenvalue weighted by Gasteiger charge is 2.39. The van der Waals surface area contributed by atoms with Crippen molar-refractivity contribution >= 4 is 46.7 Å². The Morgan fingerprint density at radius 2 is 1.60 bits per heavy atom. The van der Waals surface area contributed by atoms with Gasteiger partial charge < -0.3 is 50.2 Å². The number of hydrogen-bond acceptors (Lipinski definition) is 12. The first-order valence-corrected chi connectivity index (χ1v) is 14.6. The van der Waals surface area contributed by atoms with Gasteiger partial charge in [0.2, 0.25) is 0 Å². The van der Waals surface area contributed by atoms with Crippen molar-refractivity contribution < 1.29 is 58.4 Å². The molecule has 14 nitrogen and oxygen atoms in total. The molecule has 0 fully saturated rings. The second-order valence-electron chi connectivity index (χ2n) is 8.37. The Bertz CT molecular complexity index is 1120. The molecule has 0 amide bonds. The van der Waals surface area contributed by atoms with E-state index in [-0.39, 0.29) is 18.8 Å². The van der Waals surface area contributed by atoms with Gasteiger partial charge in [-0.15, -0.1) is 0 Å². The lowest BCUT2D eigenvalue weighted by atomic mass is 9.80. The van der Waals surface area contributed by atoms with Crippen LogP contribution in [0.2, 0.25) is 5.02 Å². The summed E-state index contributed by atoms with van der Waals surface area (Å²) in [5.41, 5.74) is 7.70. The summed E-state index contributed by atoms with van der Waals surface area (Å²) in [4.78, 5) is 45.0. The molecule has 1 heterocycles. The first-order chi connectivity index (χ1) is 19.7. The number of carbonyl (C=O) groups excluding carboxylic acids is 2. The number of allylic oxidation sites excluding steroid dienone is 1. The number of ether oxygens (including phenoxy) is 3. The molecule has 0 saturated heterocycles. The second-order valence-corrected chi connectivity index (χ2v) is 10.3. The van der Waals surface area contributed by atoms with Gasteiger partial charge in [-0.3, -0.25) is 0 Å². The molecule has 1 aromatic carbocycles. The molecule has 42 heavy (non-hydrogen) atoms. The van der Waals surface area contributed by atoms with Gasteiger partial charge in [0.05, 0.1) is 62.2 Å². The number of aliphatic carboxylic acids is 2. The zero-order valence-corrected chi connectivity index (χ0v) is 25.4. The quantitative estimate of drug-likeness (QED) is 0.108. The number of aliphatic hydroxyl groups is 2. The molecule has 1 aliphatic rings. The number of dihydropyridines is 1. The Balaban J connectivity index is 0.000000997. The van der Waals surface area contributed by atoms with Crippen LogP contribution in [0.4, 0.5) is 0 Å². The molecule has 0 aliphatic carbocycles. The van der Waals surface area contributed by atoms with Gasteiger partial charge in [-0.05, 0) is 25.5 Å². The van der Waals surface area contributed by atoms with Crippen LogP contribution in [0.1, 0.15) is 25.3 Å². The predicted molar refractivity (Wildman–Crippen MR) is 153 cm³/mol. The summed E-state index contributed by atoms with van der Waals surface area (Å²) in [6.07, 6.45) is -1.25. The van der Waals surface area contributed by atoms with Gasteiger partial charge in [-0.25, -0.2) is 19.2 Å². The Morgan fingerprint density at radius 3 is 2.02 bits per heavy atom. The van der Waals surface area contributed by atoms with Crippen LogP contribution in [0.25, 0.3) is 0 Å². The van der Waals surface area contributed by atoms with Crippen molar-refractivity contribution in [3.8, 4) is 0 Å². The first-order valence-electron chi connectivity index (χ1n) is 12.2. The summed E-state index contributed by atoms with van der Waals surface area (Å²) in [6, 6.07) is 7.05. The average Bonchev–Trinajstić information content (AvgIpc) is 2.92. The molecule has 0 aromatic heterocycles. The lowest BCUT2D eigenvalue weighted by Crippen LogP contribution is -2.39. The fourth-order valence-corrected chi connectivity index (χ4v) is 3.63. The number of benzene rings is 1. The maximum absolute atomic E-state index is 12.9. The third-order valence-corrected chi connectivity index (χ3v) is 5.42. The summed E-state index contributed by atoms with van der Waals surface area (Å²) in [5.74, 6) is -5.40. The highest BCUT2D eigenvalue weighted by molar-refractivity contribution is 7.89. The number of nitrogens with two attached hydrogens (primary N) is 1. The Morgan fingerprint density at radius 1 is 1.07 bits per heavy atom. The van der Waals surface area contributed by atoms with Crippen LogP contribution in [-0.2, 0) is 44.6 Å². The number of carboxylic acid groups (broad SMARTS) is 2. The summed E-state index contributed by atoms with van der Waals surface area (Å²) in [6.45, 7) is 4.42. The first kappa shape index (κ1) is 38.8. The predicted octanol–water partition coefficient (Wildman–Crippen LogP) is 0.138. The Kier molecular flexibility index (Phi) is 18.3. The largest absolute Gasteiger partial charge is 0.617 e. The summed E-state index contributed by atoms with van der Waals surface area (Å²) >= 11 is 5.81. The number of carboxylic acids is 2. The average molecular weight is 637 g/mol. The van der Waals surface area contributed by atoms with Gasteiger partial charge in [-0.1, -0.05) is 41.0 Å². The van der Waals surface area contributed by atoms with E-state index in [9.17, 15) is 23.7 Å². The molecule has 236 valence electrons. The van der Waals surface area contributed by atoms with E-state index in [0.717, 1.165) is 0 Å². The molecule has 2 rings (SSSR count). The molecular weight excluding hydrogens is 600 g/mol. The second kappa shape index (κ2) is 19.9. The van der Waals surface area contributed by atoms with E-state index in [0.29, 0.717) is 40.7 Å². The number of carbonyl (C=O) groups is 4. The van der Waals surface area contributed by atoms with E-state index >= 15 is 0 Å². The van der Waals surface area contributed by atoms with Gasteiger partial charge in [0, 0.05) is 17.3 Å².